The van der Waals surface area contributed by atoms with Crippen LogP contribution in [0.25, 0.3) is 0 Å². The van der Waals surface area contributed by atoms with Gasteiger partial charge >= 0.3 is 5.97 Å². The zero-order valence-electron chi connectivity index (χ0n) is 6.94. The van der Waals surface area contributed by atoms with E-state index in [0.717, 1.165) is 6.92 Å². The van der Waals surface area contributed by atoms with E-state index in [0.29, 0.717) is 0 Å². The molecule has 0 bridgehead atoms. The minimum Gasteiger partial charge on any atom is -0.503 e. The molecule has 1 rings (SSSR count). The Kier molecular flexibility index (Phi) is 2.37. The summed E-state index contributed by atoms with van der Waals surface area (Å²) in [5.41, 5.74) is -1.76. The first-order valence-electron chi connectivity index (χ1n) is 3.47. The van der Waals surface area contributed by atoms with Gasteiger partial charge in [0.25, 0.3) is 0 Å². The van der Waals surface area contributed by atoms with Crippen LogP contribution < -0.4 is 0 Å². The third-order valence-corrected chi connectivity index (χ3v) is 1.75. The summed E-state index contributed by atoms with van der Waals surface area (Å²) in [6.07, 6.45) is 0. The summed E-state index contributed by atoms with van der Waals surface area (Å²) in [5, 5.41) is 17.1. The Morgan fingerprint density at radius 2 is 1.64 bits per heavy atom. The van der Waals surface area contributed by atoms with Crippen LogP contribution in [0, 0.1) is 24.4 Å². The molecule has 0 saturated carbocycles. The molecule has 0 radical (unpaired) electrons. The van der Waals surface area contributed by atoms with Crippen molar-refractivity contribution < 1.29 is 28.2 Å². The minimum absolute atomic E-state index is 0.645. The zero-order valence-corrected chi connectivity index (χ0v) is 6.94. The Morgan fingerprint density at radius 1 is 1.14 bits per heavy atom. The number of carboxylic acid groups (broad SMARTS) is 1. The first-order valence-corrected chi connectivity index (χ1v) is 3.47. The fourth-order valence-corrected chi connectivity index (χ4v) is 1.02. The van der Waals surface area contributed by atoms with Crippen molar-refractivity contribution >= 4 is 5.97 Å². The molecule has 0 aliphatic heterocycles. The summed E-state index contributed by atoms with van der Waals surface area (Å²) < 4.78 is 38.4. The van der Waals surface area contributed by atoms with Crippen LogP contribution in [0.5, 0.6) is 5.75 Å². The van der Waals surface area contributed by atoms with E-state index in [1.807, 2.05) is 0 Å². The Bertz CT molecular complexity index is 386. The van der Waals surface area contributed by atoms with Crippen LogP contribution in [0.15, 0.2) is 0 Å². The van der Waals surface area contributed by atoms with E-state index in [2.05, 4.69) is 0 Å². The van der Waals surface area contributed by atoms with E-state index in [-0.39, 0.29) is 0 Å². The number of phenols is 1. The van der Waals surface area contributed by atoms with Crippen LogP contribution in [0.2, 0.25) is 0 Å². The number of halogens is 3. The minimum atomic E-state index is -1.90. The second-order valence-corrected chi connectivity index (χ2v) is 2.60. The summed E-state index contributed by atoms with van der Waals surface area (Å²) in [6, 6.07) is 0. The van der Waals surface area contributed by atoms with Crippen molar-refractivity contribution in [3.05, 3.63) is 28.6 Å². The highest BCUT2D eigenvalue weighted by atomic mass is 19.2. The molecular formula is C8H5F3O3. The van der Waals surface area contributed by atoms with Gasteiger partial charge in [-0.3, -0.25) is 0 Å². The van der Waals surface area contributed by atoms with Crippen LogP contribution in [0.4, 0.5) is 13.2 Å². The zero-order chi connectivity index (χ0) is 11.0. The second kappa shape index (κ2) is 3.21. The van der Waals surface area contributed by atoms with Crippen molar-refractivity contribution in [3.8, 4) is 5.75 Å². The van der Waals surface area contributed by atoms with Crippen LogP contribution in [0.3, 0.4) is 0 Å². The molecule has 1 aromatic rings. The summed E-state index contributed by atoms with van der Waals surface area (Å²) >= 11 is 0. The molecule has 1 aromatic carbocycles. The first kappa shape index (κ1) is 10.4. The van der Waals surface area contributed by atoms with Crippen molar-refractivity contribution in [3.63, 3.8) is 0 Å². The largest absolute Gasteiger partial charge is 0.503 e. The third-order valence-electron chi connectivity index (χ3n) is 1.75. The van der Waals surface area contributed by atoms with Gasteiger partial charge in [0.2, 0.25) is 5.82 Å². The van der Waals surface area contributed by atoms with E-state index in [4.69, 9.17) is 10.2 Å². The monoisotopic (exact) mass is 206 g/mol. The number of hydrogen-bond donors (Lipinski definition) is 2. The first-order chi connectivity index (χ1) is 6.37. The molecule has 0 aliphatic rings. The molecule has 0 aliphatic carbocycles. The number of benzene rings is 1. The van der Waals surface area contributed by atoms with Crippen LogP contribution in [-0.2, 0) is 0 Å². The van der Waals surface area contributed by atoms with E-state index in [1.165, 1.54) is 0 Å². The lowest BCUT2D eigenvalue weighted by molar-refractivity contribution is 0.0688. The molecule has 0 saturated heterocycles. The lowest BCUT2D eigenvalue weighted by Gasteiger charge is -2.06. The number of phenolic OH excluding ortho intramolecular Hbond substituents is 1. The fourth-order valence-electron chi connectivity index (χ4n) is 1.02. The lowest BCUT2D eigenvalue weighted by atomic mass is 10.1. The average Bonchev–Trinajstić information content (AvgIpc) is 2.11. The van der Waals surface area contributed by atoms with E-state index in [1.54, 1.807) is 0 Å². The van der Waals surface area contributed by atoms with Crippen molar-refractivity contribution in [2.45, 2.75) is 6.92 Å². The normalized spacial score (nSPS) is 10.3. The smallest absolute Gasteiger partial charge is 0.339 e. The van der Waals surface area contributed by atoms with E-state index < -0.39 is 40.3 Å². The highest BCUT2D eigenvalue weighted by Gasteiger charge is 2.25. The molecule has 6 heteroatoms. The Morgan fingerprint density at radius 3 is 2.07 bits per heavy atom. The molecule has 0 fully saturated rings. The van der Waals surface area contributed by atoms with Gasteiger partial charge in [0, 0.05) is 5.56 Å². The van der Waals surface area contributed by atoms with Gasteiger partial charge in [-0.25, -0.2) is 13.6 Å². The lowest BCUT2D eigenvalue weighted by Crippen LogP contribution is -2.08. The molecule has 0 amide bonds. The van der Waals surface area contributed by atoms with Crippen LogP contribution in [-0.4, -0.2) is 16.2 Å². The Hall–Kier alpha value is -1.72. The molecule has 0 atom stereocenters. The maximum absolute atomic E-state index is 12.9. The molecule has 2 N–H and O–H groups in total. The van der Waals surface area contributed by atoms with E-state index >= 15 is 0 Å². The van der Waals surface area contributed by atoms with Gasteiger partial charge in [0.15, 0.2) is 17.4 Å². The second-order valence-electron chi connectivity index (χ2n) is 2.60. The summed E-state index contributed by atoms with van der Waals surface area (Å²) in [5.74, 6) is -8.44. The van der Waals surface area contributed by atoms with Crippen molar-refractivity contribution in [2.24, 2.45) is 0 Å². The predicted molar refractivity (Wildman–Crippen MR) is 39.7 cm³/mol. The quantitative estimate of drug-likeness (QED) is 0.689. The molecule has 76 valence electrons. The highest BCUT2D eigenvalue weighted by molar-refractivity contribution is 5.90. The van der Waals surface area contributed by atoms with Gasteiger partial charge in [-0.05, 0) is 6.92 Å². The van der Waals surface area contributed by atoms with Crippen molar-refractivity contribution in [1.29, 1.82) is 0 Å². The SMILES string of the molecule is Cc1c(F)c(O)c(F)c(F)c1C(=O)O. The van der Waals surface area contributed by atoms with Gasteiger partial charge < -0.3 is 10.2 Å². The topological polar surface area (TPSA) is 57.5 Å². The highest BCUT2D eigenvalue weighted by Crippen LogP contribution is 2.29. The molecule has 0 heterocycles. The maximum atomic E-state index is 12.9. The fraction of sp³-hybridized carbons (Fsp3) is 0.125. The number of aromatic hydroxyl groups is 1. The molecule has 0 aromatic heterocycles. The number of hydrogen-bond acceptors (Lipinski definition) is 2. The number of aromatic carboxylic acids is 1. The van der Waals surface area contributed by atoms with Crippen LogP contribution >= 0.6 is 0 Å². The number of rotatable bonds is 1. The van der Waals surface area contributed by atoms with Gasteiger partial charge in [0.05, 0.1) is 0 Å². The Labute approximate surface area is 76.4 Å². The molecule has 14 heavy (non-hydrogen) atoms. The molecule has 3 nitrogen and oxygen atoms in total. The number of carbonyl (C=O) groups is 1. The number of carboxylic acids is 1. The maximum Gasteiger partial charge on any atom is 0.339 e. The molecular weight excluding hydrogens is 201 g/mol. The summed E-state index contributed by atoms with van der Waals surface area (Å²) in [4.78, 5) is 10.4. The third kappa shape index (κ3) is 1.28. The van der Waals surface area contributed by atoms with Crippen LogP contribution in [0.1, 0.15) is 15.9 Å². The van der Waals surface area contributed by atoms with Crippen molar-refractivity contribution in [1.82, 2.24) is 0 Å². The summed E-state index contributed by atoms with van der Waals surface area (Å²) in [7, 11) is 0. The van der Waals surface area contributed by atoms with Gasteiger partial charge in [0.1, 0.15) is 5.56 Å². The Balaban J connectivity index is 3.68. The van der Waals surface area contributed by atoms with Gasteiger partial charge in [-0.15, -0.1) is 0 Å². The van der Waals surface area contributed by atoms with Gasteiger partial charge in [-0.1, -0.05) is 0 Å². The van der Waals surface area contributed by atoms with E-state index in [9.17, 15) is 18.0 Å². The summed E-state index contributed by atoms with van der Waals surface area (Å²) in [6.45, 7) is 0.932. The van der Waals surface area contributed by atoms with Crippen molar-refractivity contribution in [2.75, 3.05) is 0 Å². The molecule has 0 unspecified atom stereocenters. The molecule has 0 spiro atoms. The average molecular weight is 206 g/mol. The standard InChI is InChI=1S/C8H5F3O3/c1-2-3(8(13)14)5(10)6(11)7(12)4(2)9/h12H,1H3,(H,13,14). The van der Waals surface area contributed by atoms with Gasteiger partial charge in [-0.2, -0.15) is 4.39 Å². The predicted octanol–water partition coefficient (Wildman–Crippen LogP) is 1.82.